The fraction of sp³-hybridized carbons (Fsp3) is 0.625. The van der Waals surface area contributed by atoms with Gasteiger partial charge in [-0.15, -0.1) is 24.8 Å². The molecule has 190 valence electrons. The van der Waals surface area contributed by atoms with Crippen LogP contribution in [0.1, 0.15) is 73.7 Å². The number of unbranched alkanes of at least 4 members (excludes halogenated alkanes) is 1. The Hall–Kier alpha value is -1.87. The van der Waals surface area contributed by atoms with Gasteiger partial charge in [-0.1, -0.05) is 6.07 Å². The largest absolute Gasteiger partial charge is 0.379 e. The monoisotopic (exact) mass is 513 g/mol. The average Bonchev–Trinajstić information content (AvgIpc) is 3.12. The van der Waals surface area contributed by atoms with E-state index in [4.69, 9.17) is 11.5 Å². The van der Waals surface area contributed by atoms with Gasteiger partial charge in [-0.3, -0.25) is 19.7 Å². The first-order valence-corrected chi connectivity index (χ1v) is 11.9. The Labute approximate surface area is 213 Å². The number of benzene rings is 1. The van der Waals surface area contributed by atoms with Crippen molar-refractivity contribution in [1.29, 1.82) is 0 Å². The van der Waals surface area contributed by atoms with Gasteiger partial charge in [0.05, 0.1) is 0 Å². The number of halogens is 2. The summed E-state index contributed by atoms with van der Waals surface area (Å²) in [6, 6.07) is 5.19. The SMILES string of the molecule is Cl.Cl.NCCCCC1(Nc2cccc3c2CN(C2CCC(=O)NC2=O)C3=O)CCC(CN)CC1. The predicted molar refractivity (Wildman–Crippen MR) is 137 cm³/mol. The summed E-state index contributed by atoms with van der Waals surface area (Å²) in [5.74, 6) is -0.215. The van der Waals surface area contributed by atoms with Crippen LogP contribution >= 0.6 is 24.8 Å². The van der Waals surface area contributed by atoms with Gasteiger partial charge in [0.2, 0.25) is 11.8 Å². The zero-order valence-electron chi connectivity index (χ0n) is 19.5. The van der Waals surface area contributed by atoms with Crippen molar-refractivity contribution >= 4 is 48.2 Å². The molecule has 1 aromatic rings. The van der Waals surface area contributed by atoms with Crippen molar-refractivity contribution in [3.05, 3.63) is 29.3 Å². The summed E-state index contributed by atoms with van der Waals surface area (Å²) in [6.45, 7) is 1.81. The van der Waals surface area contributed by atoms with Gasteiger partial charge in [0, 0.05) is 35.3 Å². The number of anilines is 1. The topological polar surface area (TPSA) is 131 Å². The van der Waals surface area contributed by atoms with Crippen LogP contribution in [0.2, 0.25) is 0 Å². The molecule has 3 aliphatic rings. The van der Waals surface area contributed by atoms with E-state index in [-0.39, 0.29) is 54.5 Å². The molecule has 0 spiro atoms. The molecule has 1 atom stereocenters. The lowest BCUT2D eigenvalue weighted by Gasteiger charge is -2.42. The standard InChI is InChI=1S/C24H35N5O3.2ClH/c25-13-2-1-10-24(11-8-16(14-26)9-12-24)28-19-5-3-4-17-18(19)15-29(23(17)32)20-6-7-21(30)27-22(20)31;;/h3-5,16,20,28H,1-2,6-15,25-26H2,(H,27,30,31);2*1H. The molecule has 0 radical (unpaired) electrons. The molecule has 1 aromatic carbocycles. The summed E-state index contributed by atoms with van der Waals surface area (Å²) in [5.41, 5.74) is 14.2. The smallest absolute Gasteiger partial charge is 0.255 e. The molecule has 1 saturated heterocycles. The van der Waals surface area contributed by atoms with E-state index in [1.54, 1.807) is 4.90 Å². The van der Waals surface area contributed by atoms with Crippen LogP contribution in [0.4, 0.5) is 5.69 Å². The van der Waals surface area contributed by atoms with Crippen LogP contribution < -0.4 is 22.1 Å². The number of carbonyl (C=O) groups excluding carboxylic acids is 3. The number of hydrogen-bond donors (Lipinski definition) is 4. The number of nitrogens with zero attached hydrogens (tertiary/aromatic N) is 1. The number of piperidine rings is 1. The Morgan fingerprint density at radius 3 is 2.44 bits per heavy atom. The first kappa shape index (κ1) is 28.4. The third-order valence-electron chi connectivity index (χ3n) is 7.49. The second-order valence-corrected chi connectivity index (χ2v) is 9.56. The summed E-state index contributed by atoms with van der Waals surface area (Å²) in [7, 11) is 0. The first-order chi connectivity index (χ1) is 15.5. The molecule has 1 aliphatic carbocycles. The molecule has 3 amide bonds. The van der Waals surface area contributed by atoms with Crippen molar-refractivity contribution < 1.29 is 14.4 Å². The predicted octanol–water partition coefficient (Wildman–Crippen LogP) is 2.72. The summed E-state index contributed by atoms with van der Waals surface area (Å²) >= 11 is 0. The van der Waals surface area contributed by atoms with Gasteiger partial charge in [-0.05, 0) is 82.5 Å². The molecule has 4 rings (SSSR count). The minimum atomic E-state index is -0.598. The zero-order valence-corrected chi connectivity index (χ0v) is 21.1. The second kappa shape index (κ2) is 12.2. The summed E-state index contributed by atoms with van der Waals surface area (Å²) in [4.78, 5) is 38.7. The number of nitrogens with one attached hydrogen (secondary N) is 2. The number of amides is 3. The molecule has 6 N–H and O–H groups in total. The third-order valence-corrected chi connectivity index (χ3v) is 7.49. The number of fused-ring (bicyclic) bond motifs is 1. The van der Waals surface area contributed by atoms with E-state index in [2.05, 4.69) is 10.6 Å². The average molecular weight is 514 g/mol. The molecule has 0 aromatic heterocycles. The molecule has 1 saturated carbocycles. The van der Waals surface area contributed by atoms with Gasteiger partial charge in [-0.25, -0.2) is 0 Å². The molecular formula is C24H37Cl2N5O3. The molecule has 0 bridgehead atoms. The maximum atomic E-state index is 13.1. The fourth-order valence-electron chi connectivity index (χ4n) is 5.50. The number of hydrogen-bond acceptors (Lipinski definition) is 6. The van der Waals surface area contributed by atoms with Crippen molar-refractivity contribution in [3.63, 3.8) is 0 Å². The highest BCUT2D eigenvalue weighted by atomic mass is 35.5. The van der Waals surface area contributed by atoms with E-state index in [1.165, 1.54) is 0 Å². The van der Waals surface area contributed by atoms with Crippen molar-refractivity contribution in [1.82, 2.24) is 10.2 Å². The lowest BCUT2D eigenvalue weighted by atomic mass is 9.73. The van der Waals surface area contributed by atoms with Crippen LogP contribution in [0, 0.1) is 5.92 Å². The van der Waals surface area contributed by atoms with E-state index < -0.39 is 6.04 Å². The van der Waals surface area contributed by atoms with Crippen LogP contribution in [-0.4, -0.2) is 47.3 Å². The van der Waals surface area contributed by atoms with Crippen LogP contribution in [0.25, 0.3) is 0 Å². The van der Waals surface area contributed by atoms with E-state index in [9.17, 15) is 14.4 Å². The molecule has 34 heavy (non-hydrogen) atoms. The quantitative estimate of drug-likeness (QED) is 0.312. The highest BCUT2D eigenvalue weighted by Crippen LogP contribution is 2.40. The highest BCUT2D eigenvalue weighted by molar-refractivity contribution is 6.06. The van der Waals surface area contributed by atoms with Gasteiger partial charge >= 0.3 is 0 Å². The summed E-state index contributed by atoms with van der Waals surface area (Å²) in [5, 5.41) is 6.22. The van der Waals surface area contributed by atoms with Gasteiger partial charge in [-0.2, -0.15) is 0 Å². The van der Waals surface area contributed by atoms with Crippen molar-refractivity contribution in [2.75, 3.05) is 18.4 Å². The van der Waals surface area contributed by atoms with Gasteiger partial charge in [0.1, 0.15) is 6.04 Å². The fourth-order valence-corrected chi connectivity index (χ4v) is 5.50. The van der Waals surface area contributed by atoms with Crippen molar-refractivity contribution in [3.8, 4) is 0 Å². The Morgan fingerprint density at radius 1 is 1.06 bits per heavy atom. The molecule has 1 unspecified atom stereocenters. The lowest BCUT2D eigenvalue weighted by molar-refractivity contribution is -0.136. The van der Waals surface area contributed by atoms with Crippen molar-refractivity contribution in [2.45, 2.75) is 75.9 Å². The zero-order chi connectivity index (χ0) is 22.7. The maximum absolute atomic E-state index is 13.1. The second-order valence-electron chi connectivity index (χ2n) is 9.56. The summed E-state index contributed by atoms with van der Waals surface area (Å²) in [6.07, 6.45) is 8.03. The number of imide groups is 1. The summed E-state index contributed by atoms with van der Waals surface area (Å²) < 4.78 is 0. The number of nitrogens with two attached hydrogens (primary N) is 2. The first-order valence-electron chi connectivity index (χ1n) is 11.9. The van der Waals surface area contributed by atoms with E-state index in [1.807, 2.05) is 18.2 Å². The Bertz CT molecular complexity index is 884. The Morgan fingerprint density at radius 2 is 1.79 bits per heavy atom. The number of rotatable bonds is 8. The van der Waals surface area contributed by atoms with Gasteiger partial charge in [0.15, 0.2) is 0 Å². The van der Waals surface area contributed by atoms with E-state index >= 15 is 0 Å². The van der Waals surface area contributed by atoms with Crippen LogP contribution in [-0.2, 0) is 16.1 Å². The van der Waals surface area contributed by atoms with Gasteiger partial charge in [0.25, 0.3) is 5.91 Å². The Balaban J connectivity index is 0.00000204. The maximum Gasteiger partial charge on any atom is 0.255 e. The molecule has 2 heterocycles. The van der Waals surface area contributed by atoms with Gasteiger partial charge < -0.3 is 21.7 Å². The normalized spacial score (nSPS) is 26.3. The molecule has 2 fully saturated rings. The molecule has 2 aliphatic heterocycles. The van der Waals surface area contributed by atoms with Crippen LogP contribution in [0.15, 0.2) is 18.2 Å². The van der Waals surface area contributed by atoms with E-state index in [0.29, 0.717) is 31.0 Å². The van der Waals surface area contributed by atoms with E-state index in [0.717, 1.165) is 62.7 Å². The molecule has 10 heteroatoms. The number of carbonyl (C=O) groups is 3. The molecule has 8 nitrogen and oxygen atoms in total. The highest BCUT2D eigenvalue weighted by Gasteiger charge is 2.41. The molecular weight excluding hydrogens is 477 g/mol. The lowest BCUT2D eigenvalue weighted by Crippen LogP contribution is -2.52. The third kappa shape index (κ3) is 5.85. The minimum Gasteiger partial charge on any atom is -0.379 e. The van der Waals surface area contributed by atoms with Crippen molar-refractivity contribution in [2.24, 2.45) is 17.4 Å². The van der Waals surface area contributed by atoms with Crippen LogP contribution in [0.3, 0.4) is 0 Å². The Kier molecular flexibility index (Phi) is 10.2. The minimum absolute atomic E-state index is 0. The van der Waals surface area contributed by atoms with Crippen LogP contribution in [0.5, 0.6) is 0 Å².